The minimum atomic E-state index is 0.103. The second kappa shape index (κ2) is 5.45. The predicted molar refractivity (Wildman–Crippen MR) is 82.7 cm³/mol. The zero-order valence-corrected chi connectivity index (χ0v) is 12.8. The Bertz CT molecular complexity index is 647. The van der Waals surface area contributed by atoms with Crippen LogP contribution < -0.4 is 10.1 Å². The van der Waals surface area contributed by atoms with Gasteiger partial charge in [0.05, 0.1) is 11.3 Å². The Morgan fingerprint density at radius 2 is 2.05 bits per heavy atom. The summed E-state index contributed by atoms with van der Waals surface area (Å²) in [4.78, 5) is 8.65. The van der Waals surface area contributed by atoms with E-state index in [2.05, 4.69) is 48.2 Å². The van der Waals surface area contributed by atoms with Crippen LogP contribution in [0.2, 0.25) is 0 Å². The van der Waals surface area contributed by atoms with E-state index >= 15 is 0 Å². The van der Waals surface area contributed by atoms with Gasteiger partial charge in [0, 0.05) is 19.5 Å². The monoisotopic (exact) mass is 283 g/mol. The highest BCUT2D eigenvalue weighted by Gasteiger charge is 2.18. The van der Waals surface area contributed by atoms with E-state index in [-0.39, 0.29) is 5.41 Å². The highest BCUT2D eigenvalue weighted by Crippen LogP contribution is 2.30. The van der Waals surface area contributed by atoms with Crippen LogP contribution in [0.3, 0.4) is 0 Å². The van der Waals surface area contributed by atoms with Crippen molar-refractivity contribution in [2.75, 3.05) is 6.54 Å². The summed E-state index contributed by atoms with van der Waals surface area (Å²) in [6, 6.07) is 8.22. The van der Waals surface area contributed by atoms with Gasteiger partial charge in [-0.15, -0.1) is 0 Å². The van der Waals surface area contributed by atoms with E-state index in [9.17, 15) is 0 Å². The number of aromatic nitrogens is 2. The first kappa shape index (κ1) is 14.0. The van der Waals surface area contributed by atoms with Gasteiger partial charge >= 0.3 is 0 Å². The van der Waals surface area contributed by atoms with Crippen molar-refractivity contribution >= 4 is 0 Å². The third kappa shape index (κ3) is 3.05. The topological polar surface area (TPSA) is 47.0 Å². The van der Waals surface area contributed by atoms with E-state index in [1.807, 2.05) is 12.1 Å². The van der Waals surface area contributed by atoms with E-state index in [1.54, 1.807) is 6.33 Å². The lowest BCUT2D eigenvalue weighted by Gasteiger charge is -2.21. The average molecular weight is 283 g/mol. The molecule has 3 rings (SSSR count). The molecule has 0 radical (unpaired) electrons. The molecule has 1 aliphatic rings. The van der Waals surface area contributed by atoms with Crippen LogP contribution in [0.5, 0.6) is 11.6 Å². The summed E-state index contributed by atoms with van der Waals surface area (Å²) in [5, 5.41) is 3.34. The third-order valence-corrected chi connectivity index (χ3v) is 3.75. The van der Waals surface area contributed by atoms with Crippen LogP contribution in [0.15, 0.2) is 30.6 Å². The van der Waals surface area contributed by atoms with Crippen molar-refractivity contribution in [3.63, 3.8) is 0 Å². The standard InChI is InChI=1S/C17H21N3O/c1-17(2,3)12-5-4-6-13(9-12)21-16-14-10-18-8-7-15(14)19-11-20-16/h4-6,9,11,18H,7-8,10H2,1-3H3. The van der Waals surface area contributed by atoms with Gasteiger partial charge in [0.1, 0.15) is 12.1 Å². The molecule has 4 nitrogen and oxygen atoms in total. The zero-order chi connectivity index (χ0) is 14.9. The second-order valence-electron chi connectivity index (χ2n) is 6.41. The molecule has 2 heterocycles. The molecule has 1 aromatic carbocycles. The zero-order valence-electron chi connectivity index (χ0n) is 12.8. The van der Waals surface area contributed by atoms with Crippen molar-refractivity contribution in [3.8, 4) is 11.6 Å². The average Bonchev–Trinajstić information content (AvgIpc) is 2.47. The number of fused-ring (bicyclic) bond motifs is 1. The van der Waals surface area contributed by atoms with Gasteiger partial charge in [-0.1, -0.05) is 32.9 Å². The number of nitrogens with zero attached hydrogens (tertiary/aromatic N) is 2. The summed E-state index contributed by atoms with van der Waals surface area (Å²) in [5.74, 6) is 1.49. The minimum Gasteiger partial charge on any atom is -0.439 e. The largest absolute Gasteiger partial charge is 0.439 e. The van der Waals surface area contributed by atoms with Crippen molar-refractivity contribution in [2.45, 2.75) is 39.2 Å². The molecule has 110 valence electrons. The summed E-state index contributed by atoms with van der Waals surface area (Å²) >= 11 is 0. The number of ether oxygens (including phenoxy) is 1. The van der Waals surface area contributed by atoms with E-state index in [0.717, 1.165) is 36.5 Å². The smallest absolute Gasteiger partial charge is 0.227 e. The molecule has 2 aromatic rings. The van der Waals surface area contributed by atoms with Crippen LogP contribution in [0.25, 0.3) is 0 Å². The van der Waals surface area contributed by atoms with Crippen LogP contribution in [0, 0.1) is 0 Å². The maximum absolute atomic E-state index is 6.02. The van der Waals surface area contributed by atoms with Gasteiger partial charge < -0.3 is 10.1 Å². The lowest BCUT2D eigenvalue weighted by atomic mass is 9.87. The highest BCUT2D eigenvalue weighted by atomic mass is 16.5. The molecular formula is C17H21N3O. The third-order valence-electron chi connectivity index (χ3n) is 3.75. The van der Waals surface area contributed by atoms with Crippen LogP contribution >= 0.6 is 0 Å². The first-order valence-corrected chi connectivity index (χ1v) is 7.36. The van der Waals surface area contributed by atoms with Gasteiger partial charge in [-0.2, -0.15) is 0 Å². The van der Waals surface area contributed by atoms with Gasteiger partial charge in [-0.25, -0.2) is 9.97 Å². The summed E-state index contributed by atoms with van der Waals surface area (Å²) in [5.41, 5.74) is 3.52. The normalized spacial score (nSPS) is 14.6. The SMILES string of the molecule is CC(C)(C)c1cccc(Oc2ncnc3c2CNCC3)c1. The van der Waals surface area contributed by atoms with Gasteiger partial charge in [0.2, 0.25) is 5.88 Å². The fourth-order valence-electron chi connectivity index (χ4n) is 2.47. The molecule has 1 aliphatic heterocycles. The molecule has 1 aromatic heterocycles. The van der Waals surface area contributed by atoms with Gasteiger partial charge in [0.25, 0.3) is 0 Å². The Kier molecular flexibility index (Phi) is 3.64. The molecule has 0 spiro atoms. The van der Waals surface area contributed by atoms with Crippen LogP contribution in [-0.4, -0.2) is 16.5 Å². The summed E-state index contributed by atoms with van der Waals surface area (Å²) < 4.78 is 6.02. The molecule has 0 saturated carbocycles. The van der Waals surface area contributed by atoms with Crippen LogP contribution in [-0.2, 0) is 18.4 Å². The van der Waals surface area contributed by atoms with Gasteiger partial charge in [0.15, 0.2) is 0 Å². The number of rotatable bonds is 2. The molecule has 0 atom stereocenters. The second-order valence-corrected chi connectivity index (χ2v) is 6.41. The first-order chi connectivity index (χ1) is 10.0. The molecule has 1 N–H and O–H groups in total. The first-order valence-electron chi connectivity index (χ1n) is 7.36. The number of nitrogens with one attached hydrogen (secondary N) is 1. The Balaban J connectivity index is 1.91. The fourth-order valence-corrected chi connectivity index (χ4v) is 2.47. The maximum Gasteiger partial charge on any atom is 0.227 e. The lowest BCUT2D eigenvalue weighted by Crippen LogP contribution is -2.25. The molecule has 0 amide bonds. The molecule has 4 heteroatoms. The van der Waals surface area contributed by atoms with E-state index in [4.69, 9.17) is 4.74 Å². The van der Waals surface area contributed by atoms with Crippen molar-refractivity contribution in [1.82, 2.24) is 15.3 Å². The summed E-state index contributed by atoms with van der Waals surface area (Å²) in [6.07, 6.45) is 2.52. The number of hydrogen-bond donors (Lipinski definition) is 1. The summed E-state index contributed by atoms with van der Waals surface area (Å²) in [6.45, 7) is 8.32. The van der Waals surface area contributed by atoms with Crippen LogP contribution in [0.1, 0.15) is 37.6 Å². The van der Waals surface area contributed by atoms with Crippen molar-refractivity contribution in [2.24, 2.45) is 0 Å². The fraction of sp³-hybridized carbons (Fsp3) is 0.412. The van der Waals surface area contributed by atoms with E-state index < -0.39 is 0 Å². The van der Waals surface area contributed by atoms with Gasteiger partial charge in [-0.05, 0) is 23.1 Å². The Labute approximate surface area is 125 Å². The lowest BCUT2D eigenvalue weighted by molar-refractivity contribution is 0.441. The van der Waals surface area contributed by atoms with Crippen molar-refractivity contribution in [1.29, 1.82) is 0 Å². The number of hydrogen-bond acceptors (Lipinski definition) is 4. The Morgan fingerprint density at radius 1 is 1.19 bits per heavy atom. The molecular weight excluding hydrogens is 262 g/mol. The molecule has 0 aliphatic carbocycles. The summed E-state index contributed by atoms with van der Waals surface area (Å²) in [7, 11) is 0. The maximum atomic E-state index is 6.02. The minimum absolute atomic E-state index is 0.103. The Morgan fingerprint density at radius 3 is 2.86 bits per heavy atom. The molecule has 0 fully saturated rings. The number of benzene rings is 1. The quantitative estimate of drug-likeness (QED) is 0.919. The van der Waals surface area contributed by atoms with Crippen molar-refractivity contribution in [3.05, 3.63) is 47.4 Å². The Hall–Kier alpha value is -1.94. The van der Waals surface area contributed by atoms with Gasteiger partial charge in [-0.3, -0.25) is 0 Å². The molecule has 0 saturated heterocycles. The molecule has 0 bridgehead atoms. The van der Waals surface area contributed by atoms with E-state index in [1.165, 1.54) is 5.56 Å². The highest BCUT2D eigenvalue weighted by molar-refractivity contribution is 5.38. The molecule has 21 heavy (non-hydrogen) atoms. The van der Waals surface area contributed by atoms with Crippen molar-refractivity contribution < 1.29 is 4.74 Å². The van der Waals surface area contributed by atoms with Crippen LogP contribution in [0.4, 0.5) is 0 Å². The molecule has 0 unspecified atom stereocenters. The van der Waals surface area contributed by atoms with E-state index in [0.29, 0.717) is 5.88 Å². The predicted octanol–water partition coefficient (Wildman–Crippen LogP) is 3.21.